The number of pyridine rings is 3. The van der Waals surface area contributed by atoms with Crippen LogP contribution in [-0.4, -0.2) is 20.9 Å². The van der Waals surface area contributed by atoms with Crippen LogP contribution in [0.3, 0.4) is 0 Å². The summed E-state index contributed by atoms with van der Waals surface area (Å²) in [6.45, 7) is 2.08. The maximum Gasteiger partial charge on any atom is 0.228 e. The highest BCUT2D eigenvalue weighted by Gasteiger charge is 2.42. The number of anilines is 2. The highest BCUT2D eigenvalue weighted by atomic mass is 16.2. The molecule has 3 N–H and O–H groups in total. The van der Waals surface area contributed by atoms with Crippen LogP contribution in [0.25, 0.3) is 22.0 Å². The van der Waals surface area contributed by atoms with Gasteiger partial charge in [-0.15, -0.1) is 0 Å². The van der Waals surface area contributed by atoms with Crippen molar-refractivity contribution in [2.24, 2.45) is 11.8 Å². The van der Waals surface area contributed by atoms with Crippen molar-refractivity contribution in [3.63, 3.8) is 0 Å². The molecule has 0 aromatic carbocycles. The number of nitrogens with two attached hydrogens (primary N) is 1. The molecule has 0 radical (unpaired) electrons. The molecule has 3 aromatic rings. The standard InChI is InChI=1S/C21H20N6O/c1-2-12-4-6-24-10-16(12)18-8-14-9-19(25-11-17(14)20(23)26-18)27-21(28)15-7-13(15)3-5-22/h4,6,8-11,13,15H,2-3,7H2,1H3,(H2,23,26)(H,25,27,28)/t13?,15-/m0/s1. The fraction of sp³-hybridized carbons (Fsp3) is 0.286. The molecule has 28 heavy (non-hydrogen) atoms. The Morgan fingerprint density at radius 2 is 2.25 bits per heavy atom. The number of aromatic nitrogens is 3. The molecule has 0 spiro atoms. The molecule has 7 heteroatoms. The van der Waals surface area contributed by atoms with Gasteiger partial charge >= 0.3 is 0 Å². The van der Waals surface area contributed by atoms with Crippen molar-refractivity contribution in [2.45, 2.75) is 26.2 Å². The minimum absolute atomic E-state index is 0.0881. The average Bonchev–Trinajstić information content (AvgIpc) is 3.47. The van der Waals surface area contributed by atoms with Gasteiger partial charge in [0.15, 0.2) is 0 Å². The summed E-state index contributed by atoms with van der Waals surface area (Å²) in [5, 5.41) is 13.2. The Hall–Kier alpha value is -3.53. The number of nitrogens with zero attached hydrogens (tertiary/aromatic N) is 4. The van der Waals surface area contributed by atoms with Crippen LogP contribution in [0.1, 0.15) is 25.3 Å². The van der Waals surface area contributed by atoms with Crippen LogP contribution in [0.5, 0.6) is 0 Å². The molecule has 2 atom stereocenters. The molecule has 1 amide bonds. The Balaban J connectivity index is 1.65. The monoisotopic (exact) mass is 372 g/mol. The fourth-order valence-corrected chi connectivity index (χ4v) is 3.47. The lowest BCUT2D eigenvalue weighted by Gasteiger charge is -2.11. The van der Waals surface area contributed by atoms with E-state index >= 15 is 0 Å². The number of hydrogen-bond acceptors (Lipinski definition) is 6. The van der Waals surface area contributed by atoms with E-state index in [2.05, 4.69) is 33.3 Å². The largest absolute Gasteiger partial charge is 0.383 e. The van der Waals surface area contributed by atoms with Crippen LogP contribution >= 0.6 is 0 Å². The van der Waals surface area contributed by atoms with E-state index in [-0.39, 0.29) is 17.7 Å². The number of rotatable bonds is 5. The summed E-state index contributed by atoms with van der Waals surface area (Å²) in [4.78, 5) is 25.4. The van der Waals surface area contributed by atoms with Gasteiger partial charge in [-0.25, -0.2) is 9.97 Å². The van der Waals surface area contributed by atoms with Crippen molar-refractivity contribution in [3.05, 3.63) is 42.4 Å². The number of fused-ring (bicyclic) bond motifs is 1. The number of amides is 1. The second-order valence-corrected chi connectivity index (χ2v) is 7.02. The first-order valence-corrected chi connectivity index (χ1v) is 9.28. The molecule has 4 rings (SSSR count). The SMILES string of the molecule is CCc1ccncc1-c1cc2cc(NC(=O)[C@H]3CC3CC#N)ncc2c(N)n1. The van der Waals surface area contributed by atoms with Gasteiger partial charge in [0.1, 0.15) is 11.6 Å². The normalized spacial score (nSPS) is 17.9. The maximum atomic E-state index is 12.3. The van der Waals surface area contributed by atoms with Crippen LogP contribution in [0, 0.1) is 23.2 Å². The van der Waals surface area contributed by atoms with Crippen LogP contribution in [0.15, 0.2) is 36.8 Å². The molecule has 1 unspecified atom stereocenters. The van der Waals surface area contributed by atoms with Gasteiger partial charge in [-0.05, 0) is 47.9 Å². The van der Waals surface area contributed by atoms with E-state index in [0.717, 1.165) is 40.4 Å². The van der Waals surface area contributed by atoms with Crippen molar-refractivity contribution in [2.75, 3.05) is 11.1 Å². The van der Waals surface area contributed by atoms with Crippen molar-refractivity contribution >= 4 is 28.3 Å². The first kappa shape index (κ1) is 17.9. The zero-order chi connectivity index (χ0) is 19.7. The quantitative estimate of drug-likeness (QED) is 0.709. The number of nitrogens with one attached hydrogen (secondary N) is 1. The second kappa shape index (κ2) is 7.24. The molecule has 0 aliphatic heterocycles. The van der Waals surface area contributed by atoms with E-state index in [9.17, 15) is 4.79 Å². The highest BCUT2D eigenvalue weighted by molar-refractivity contribution is 5.98. The summed E-state index contributed by atoms with van der Waals surface area (Å²) in [5.74, 6) is 0.834. The molecule has 7 nitrogen and oxygen atoms in total. The molecule has 140 valence electrons. The molecule has 1 saturated carbocycles. The summed E-state index contributed by atoms with van der Waals surface area (Å²) in [5.41, 5.74) is 8.99. The molecule has 0 saturated heterocycles. The topological polar surface area (TPSA) is 118 Å². The highest BCUT2D eigenvalue weighted by Crippen LogP contribution is 2.41. The third-order valence-corrected chi connectivity index (χ3v) is 5.18. The molecule has 3 heterocycles. The fourth-order valence-electron chi connectivity index (χ4n) is 3.47. The Morgan fingerprint density at radius 1 is 1.39 bits per heavy atom. The van der Waals surface area contributed by atoms with Gasteiger partial charge in [0, 0.05) is 41.9 Å². The van der Waals surface area contributed by atoms with E-state index in [1.54, 1.807) is 24.7 Å². The van der Waals surface area contributed by atoms with Gasteiger partial charge in [0.2, 0.25) is 5.91 Å². The number of carbonyl (C=O) groups excluding carboxylic acids is 1. The molecule has 1 fully saturated rings. The van der Waals surface area contributed by atoms with Crippen LogP contribution < -0.4 is 11.1 Å². The number of hydrogen-bond donors (Lipinski definition) is 2. The van der Waals surface area contributed by atoms with Gasteiger partial charge in [0.25, 0.3) is 0 Å². The number of carbonyl (C=O) groups is 1. The predicted octanol–water partition coefficient (Wildman–Crippen LogP) is 3.32. The Kier molecular flexibility index (Phi) is 4.62. The average molecular weight is 372 g/mol. The minimum atomic E-state index is -0.0993. The third kappa shape index (κ3) is 3.37. The Labute approximate surface area is 162 Å². The van der Waals surface area contributed by atoms with Crippen molar-refractivity contribution in [1.29, 1.82) is 5.26 Å². The molecule has 0 bridgehead atoms. The predicted molar refractivity (Wildman–Crippen MR) is 107 cm³/mol. The van der Waals surface area contributed by atoms with Gasteiger partial charge < -0.3 is 11.1 Å². The number of aryl methyl sites for hydroxylation is 1. The Morgan fingerprint density at radius 3 is 3.04 bits per heavy atom. The zero-order valence-electron chi connectivity index (χ0n) is 15.5. The van der Waals surface area contributed by atoms with E-state index in [1.165, 1.54) is 0 Å². The lowest BCUT2D eigenvalue weighted by Crippen LogP contribution is -2.15. The van der Waals surface area contributed by atoms with E-state index in [0.29, 0.717) is 18.1 Å². The van der Waals surface area contributed by atoms with Gasteiger partial charge in [0.05, 0.1) is 11.8 Å². The maximum absolute atomic E-state index is 12.3. The molecular formula is C21H20N6O. The van der Waals surface area contributed by atoms with Crippen LogP contribution in [0.4, 0.5) is 11.6 Å². The second-order valence-electron chi connectivity index (χ2n) is 7.02. The first-order valence-electron chi connectivity index (χ1n) is 9.28. The molecule has 1 aliphatic carbocycles. The van der Waals surface area contributed by atoms with E-state index < -0.39 is 0 Å². The lowest BCUT2D eigenvalue weighted by atomic mass is 10.0. The van der Waals surface area contributed by atoms with Crippen LogP contribution in [-0.2, 0) is 11.2 Å². The van der Waals surface area contributed by atoms with Crippen molar-refractivity contribution in [1.82, 2.24) is 15.0 Å². The molecule has 3 aromatic heterocycles. The van der Waals surface area contributed by atoms with Gasteiger partial charge in [-0.3, -0.25) is 9.78 Å². The summed E-state index contributed by atoms with van der Waals surface area (Å²) in [7, 11) is 0. The van der Waals surface area contributed by atoms with Gasteiger partial charge in [-0.2, -0.15) is 5.26 Å². The summed E-state index contributed by atoms with van der Waals surface area (Å²) >= 11 is 0. The van der Waals surface area contributed by atoms with Gasteiger partial charge in [-0.1, -0.05) is 6.92 Å². The first-order chi connectivity index (χ1) is 13.6. The molecule has 1 aliphatic rings. The van der Waals surface area contributed by atoms with E-state index in [4.69, 9.17) is 11.0 Å². The minimum Gasteiger partial charge on any atom is -0.383 e. The molecular weight excluding hydrogens is 352 g/mol. The number of nitriles is 1. The van der Waals surface area contributed by atoms with E-state index in [1.807, 2.05) is 12.1 Å². The summed E-state index contributed by atoms with van der Waals surface area (Å²) in [6.07, 6.45) is 7.22. The summed E-state index contributed by atoms with van der Waals surface area (Å²) in [6, 6.07) is 7.84. The smallest absolute Gasteiger partial charge is 0.228 e. The number of nitrogen functional groups attached to an aromatic ring is 1. The summed E-state index contributed by atoms with van der Waals surface area (Å²) < 4.78 is 0. The lowest BCUT2D eigenvalue weighted by molar-refractivity contribution is -0.117. The Bertz CT molecular complexity index is 1100. The van der Waals surface area contributed by atoms with Crippen molar-refractivity contribution < 1.29 is 4.79 Å². The third-order valence-electron chi connectivity index (χ3n) is 5.18. The zero-order valence-corrected chi connectivity index (χ0v) is 15.5. The van der Waals surface area contributed by atoms with Crippen molar-refractivity contribution in [3.8, 4) is 17.3 Å². The van der Waals surface area contributed by atoms with Crippen LogP contribution in [0.2, 0.25) is 0 Å².